The number of nitrogens with zero attached hydrogens (tertiary/aromatic N) is 2. The van der Waals surface area contributed by atoms with Gasteiger partial charge in [-0.15, -0.1) is 0 Å². The zero-order chi connectivity index (χ0) is 10.1. The second kappa shape index (κ2) is 3.64. The Labute approximate surface area is 88.9 Å². The predicted octanol–water partition coefficient (Wildman–Crippen LogP) is 0.0721. The van der Waals surface area contributed by atoms with Crippen LogP contribution in [0.25, 0.3) is 10.9 Å². The minimum Gasteiger partial charge on any atom is -0.423 e. The highest BCUT2D eigenvalue weighted by atomic mass is 79.9. The number of hydrogen-bond donors (Lipinski definition) is 2. The maximum Gasteiger partial charge on any atom is 0.488 e. The Bertz CT molecular complexity index is 478. The fraction of sp³-hybridized carbons (Fsp3) is 0. The second-order valence-electron chi connectivity index (χ2n) is 2.84. The number of rotatable bonds is 1. The van der Waals surface area contributed by atoms with Gasteiger partial charge in [0, 0.05) is 9.86 Å². The van der Waals surface area contributed by atoms with Crippen LogP contribution >= 0.6 is 15.9 Å². The van der Waals surface area contributed by atoms with E-state index in [1.807, 2.05) is 0 Å². The van der Waals surface area contributed by atoms with Crippen LogP contribution in [-0.4, -0.2) is 27.4 Å². The smallest absolute Gasteiger partial charge is 0.423 e. The molecule has 1 aromatic heterocycles. The molecule has 0 fully saturated rings. The Kier molecular flexibility index (Phi) is 2.49. The first kappa shape index (κ1) is 9.58. The van der Waals surface area contributed by atoms with Crippen molar-refractivity contribution in [2.75, 3.05) is 0 Å². The van der Waals surface area contributed by atoms with Gasteiger partial charge in [-0.25, -0.2) is 0 Å². The summed E-state index contributed by atoms with van der Waals surface area (Å²) in [5.74, 6) is 0. The molecule has 2 N–H and O–H groups in total. The molecule has 1 aromatic carbocycles. The van der Waals surface area contributed by atoms with E-state index in [1.54, 1.807) is 24.4 Å². The molecule has 0 unspecified atom stereocenters. The highest BCUT2D eigenvalue weighted by Gasteiger charge is 2.12. The number of aromatic nitrogens is 2. The van der Waals surface area contributed by atoms with E-state index in [0.29, 0.717) is 11.0 Å². The molecule has 0 atom stereocenters. The van der Waals surface area contributed by atoms with Crippen LogP contribution in [0.2, 0.25) is 0 Å². The molecule has 6 heteroatoms. The molecule has 14 heavy (non-hydrogen) atoms. The molecule has 0 bridgehead atoms. The third-order valence-corrected chi connectivity index (χ3v) is 2.54. The second-order valence-corrected chi connectivity index (χ2v) is 3.70. The molecule has 2 aromatic rings. The van der Waals surface area contributed by atoms with Crippen molar-refractivity contribution in [2.45, 2.75) is 0 Å². The van der Waals surface area contributed by atoms with Crippen molar-refractivity contribution in [2.24, 2.45) is 0 Å². The van der Waals surface area contributed by atoms with E-state index in [2.05, 4.69) is 26.1 Å². The standard InChI is InChI=1S/C8H6BBrN2O2/c10-7-4-11-12-8-2-1-5(9(13)14)3-6(7)8/h1-4,13-14H. The summed E-state index contributed by atoms with van der Waals surface area (Å²) < 4.78 is 0.782. The number of halogens is 1. The maximum absolute atomic E-state index is 8.98. The zero-order valence-corrected chi connectivity index (χ0v) is 8.64. The average molecular weight is 253 g/mol. The molecule has 0 radical (unpaired) electrons. The van der Waals surface area contributed by atoms with Crippen LogP contribution in [0.15, 0.2) is 28.9 Å². The van der Waals surface area contributed by atoms with Gasteiger partial charge in [0.2, 0.25) is 0 Å². The molecule has 2 rings (SSSR count). The largest absolute Gasteiger partial charge is 0.488 e. The Morgan fingerprint density at radius 3 is 2.79 bits per heavy atom. The predicted molar refractivity (Wildman–Crippen MR) is 57.1 cm³/mol. The van der Waals surface area contributed by atoms with Gasteiger partial charge >= 0.3 is 7.12 Å². The molecule has 0 saturated carbocycles. The first-order chi connectivity index (χ1) is 6.68. The van der Waals surface area contributed by atoms with Gasteiger partial charge in [0.15, 0.2) is 0 Å². The van der Waals surface area contributed by atoms with E-state index in [-0.39, 0.29) is 0 Å². The molecule has 0 aliphatic carbocycles. The monoisotopic (exact) mass is 252 g/mol. The zero-order valence-electron chi connectivity index (χ0n) is 7.05. The highest BCUT2D eigenvalue weighted by Crippen LogP contribution is 2.19. The maximum atomic E-state index is 8.98. The van der Waals surface area contributed by atoms with Crippen LogP contribution in [0.3, 0.4) is 0 Å². The molecule has 0 aliphatic heterocycles. The Balaban J connectivity index is 2.70. The molecule has 0 amide bonds. The molecule has 4 nitrogen and oxygen atoms in total. The number of benzene rings is 1. The van der Waals surface area contributed by atoms with Crippen LogP contribution in [-0.2, 0) is 0 Å². The van der Waals surface area contributed by atoms with Crippen LogP contribution in [0, 0.1) is 0 Å². The Morgan fingerprint density at radius 2 is 2.07 bits per heavy atom. The minimum absolute atomic E-state index is 0.436. The third kappa shape index (κ3) is 1.64. The molecule has 0 spiro atoms. The summed E-state index contributed by atoms with van der Waals surface area (Å²) in [6.07, 6.45) is 1.57. The van der Waals surface area contributed by atoms with E-state index in [9.17, 15) is 0 Å². The third-order valence-electron chi connectivity index (χ3n) is 1.91. The lowest BCUT2D eigenvalue weighted by atomic mass is 9.80. The van der Waals surface area contributed by atoms with Crippen molar-refractivity contribution in [1.82, 2.24) is 10.2 Å². The van der Waals surface area contributed by atoms with Crippen molar-refractivity contribution in [3.63, 3.8) is 0 Å². The van der Waals surface area contributed by atoms with Gasteiger partial charge < -0.3 is 10.0 Å². The SMILES string of the molecule is OB(O)c1ccc2nncc(Br)c2c1. The van der Waals surface area contributed by atoms with Gasteiger partial charge in [0.1, 0.15) is 0 Å². The van der Waals surface area contributed by atoms with Crippen LogP contribution in [0.4, 0.5) is 0 Å². The molecular formula is C8H6BBrN2O2. The van der Waals surface area contributed by atoms with Crippen LogP contribution in [0.1, 0.15) is 0 Å². The summed E-state index contributed by atoms with van der Waals surface area (Å²) in [6.45, 7) is 0. The summed E-state index contributed by atoms with van der Waals surface area (Å²) in [5.41, 5.74) is 1.15. The Hall–Kier alpha value is -0.975. The lowest BCUT2D eigenvalue weighted by Gasteiger charge is -2.02. The van der Waals surface area contributed by atoms with E-state index in [1.165, 1.54) is 0 Å². The molecule has 0 aliphatic rings. The fourth-order valence-electron chi connectivity index (χ4n) is 1.20. The number of hydrogen-bond acceptors (Lipinski definition) is 4. The quantitative estimate of drug-likeness (QED) is 0.706. The van der Waals surface area contributed by atoms with Gasteiger partial charge in [-0.2, -0.15) is 10.2 Å². The summed E-state index contributed by atoms with van der Waals surface area (Å²) in [6, 6.07) is 4.97. The summed E-state index contributed by atoms with van der Waals surface area (Å²) in [5, 5.41) is 26.4. The van der Waals surface area contributed by atoms with Gasteiger partial charge in [-0.3, -0.25) is 0 Å². The van der Waals surface area contributed by atoms with Crippen molar-refractivity contribution < 1.29 is 10.0 Å². The Morgan fingerprint density at radius 1 is 1.29 bits per heavy atom. The van der Waals surface area contributed by atoms with E-state index in [0.717, 1.165) is 9.86 Å². The topological polar surface area (TPSA) is 66.2 Å². The van der Waals surface area contributed by atoms with Crippen molar-refractivity contribution >= 4 is 39.4 Å². The van der Waals surface area contributed by atoms with Crippen LogP contribution in [0.5, 0.6) is 0 Å². The van der Waals surface area contributed by atoms with Gasteiger partial charge in [-0.05, 0) is 27.5 Å². The van der Waals surface area contributed by atoms with Crippen molar-refractivity contribution in [3.8, 4) is 0 Å². The van der Waals surface area contributed by atoms with Crippen LogP contribution < -0.4 is 5.46 Å². The summed E-state index contributed by atoms with van der Waals surface area (Å²) in [4.78, 5) is 0. The first-order valence-electron chi connectivity index (χ1n) is 3.95. The average Bonchev–Trinajstić information content (AvgIpc) is 2.18. The van der Waals surface area contributed by atoms with E-state index < -0.39 is 7.12 Å². The molecular weight excluding hydrogens is 247 g/mol. The van der Waals surface area contributed by atoms with Gasteiger partial charge in [-0.1, -0.05) is 12.1 Å². The minimum atomic E-state index is -1.46. The molecule has 1 heterocycles. The van der Waals surface area contributed by atoms with Crippen molar-refractivity contribution in [3.05, 3.63) is 28.9 Å². The molecule has 0 saturated heterocycles. The number of fused-ring (bicyclic) bond motifs is 1. The lowest BCUT2D eigenvalue weighted by Crippen LogP contribution is -2.29. The summed E-state index contributed by atoms with van der Waals surface area (Å²) >= 11 is 3.31. The van der Waals surface area contributed by atoms with E-state index >= 15 is 0 Å². The lowest BCUT2D eigenvalue weighted by molar-refractivity contribution is 0.426. The van der Waals surface area contributed by atoms with Gasteiger partial charge in [0.25, 0.3) is 0 Å². The van der Waals surface area contributed by atoms with Crippen molar-refractivity contribution in [1.29, 1.82) is 0 Å². The summed E-state index contributed by atoms with van der Waals surface area (Å²) in [7, 11) is -1.46. The van der Waals surface area contributed by atoms with E-state index in [4.69, 9.17) is 10.0 Å². The fourth-order valence-corrected chi connectivity index (χ4v) is 1.61. The molecule has 70 valence electrons. The normalized spacial score (nSPS) is 10.5. The van der Waals surface area contributed by atoms with Gasteiger partial charge in [0.05, 0.1) is 11.7 Å². The highest BCUT2D eigenvalue weighted by molar-refractivity contribution is 9.10. The first-order valence-corrected chi connectivity index (χ1v) is 4.75.